The predicted octanol–water partition coefficient (Wildman–Crippen LogP) is -4.73. The lowest BCUT2D eigenvalue weighted by Gasteiger charge is -2.26. The SMILES string of the molecule is O=P(O)(O)O.O=P(O)(O)O.O=P(O)(O)O.O=P(O)(O)OCC(CO)(CO)CO. The molecule has 0 radical (unpaired) electrons. The Hall–Kier alpha value is 0.320. The van der Waals surface area contributed by atoms with Gasteiger partial charge < -0.3 is 69.1 Å². The second-order valence-electron chi connectivity index (χ2n) is 4.28. The first kappa shape index (κ1) is 35.7. The summed E-state index contributed by atoms with van der Waals surface area (Å²) in [7, 11) is -18.6. The Morgan fingerprint density at radius 1 is 0.536 bits per heavy atom. The summed E-state index contributed by atoms with van der Waals surface area (Å²) in [6.45, 7) is -2.49. The summed E-state index contributed by atoms with van der Waals surface area (Å²) < 4.78 is 41.0. The lowest BCUT2D eigenvalue weighted by atomic mass is 9.93. The van der Waals surface area contributed by atoms with Gasteiger partial charge in [-0.3, -0.25) is 4.52 Å². The van der Waals surface area contributed by atoms with Crippen molar-refractivity contribution in [2.24, 2.45) is 5.41 Å². The molecule has 0 saturated carbocycles. The number of phosphoric ester groups is 1. The van der Waals surface area contributed by atoms with Crippen LogP contribution in [-0.4, -0.2) is 95.6 Å². The maximum atomic E-state index is 10.3. The van der Waals surface area contributed by atoms with E-state index in [0.717, 1.165) is 0 Å². The van der Waals surface area contributed by atoms with Crippen molar-refractivity contribution >= 4 is 31.3 Å². The highest BCUT2D eigenvalue weighted by atomic mass is 31.2. The molecule has 0 aliphatic carbocycles. The molecule has 0 saturated heterocycles. The molecule has 0 spiro atoms. The highest BCUT2D eigenvalue weighted by molar-refractivity contribution is 7.46. The molecule has 28 heavy (non-hydrogen) atoms. The van der Waals surface area contributed by atoms with Crippen molar-refractivity contribution in [3.8, 4) is 0 Å². The minimum Gasteiger partial charge on any atom is -0.396 e. The van der Waals surface area contributed by atoms with Crippen LogP contribution in [0.3, 0.4) is 0 Å². The van der Waals surface area contributed by atoms with Crippen molar-refractivity contribution in [1.29, 1.82) is 0 Å². The summed E-state index contributed by atoms with van der Waals surface area (Å²) in [5, 5.41) is 26.2. The first-order valence-electron chi connectivity index (χ1n) is 5.76. The summed E-state index contributed by atoms with van der Waals surface area (Å²) in [6, 6.07) is 0. The first-order valence-corrected chi connectivity index (χ1v) is 12.0. The molecule has 14 N–H and O–H groups in total. The molecule has 0 rings (SSSR count). The average Bonchev–Trinajstić information content (AvgIpc) is 2.34. The van der Waals surface area contributed by atoms with Gasteiger partial charge >= 0.3 is 31.3 Å². The van der Waals surface area contributed by atoms with E-state index in [0.29, 0.717) is 0 Å². The van der Waals surface area contributed by atoms with Gasteiger partial charge in [-0.2, -0.15) is 0 Å². The fraction of sp³-hybridized carbons (Fsp3) is 1.00. The lowest BCUT2D eigenvalue weighted by molar-refractivity contribution is -0.0318. The summed E-state index contributed by atoms with van der Waals surface area (Å²) >= 11 is 0. The van der Waals surface area contributed by atoms with E-state index in [1.54, 1.807) is 0 Å². The third-order valence-electron chi connectivity index (χ3n) is 1.55. The van der Waals surface area contributed by atoms with E-state index in [1.165, 1.54) is 0 Å². The smallest absolute Gasteiger partial charge is 0.396 e. The number of hydrogen-bond donors (Lipinski definition) is 14. The van der Waals surface area contributed by atoms with Crippen LogP contribution >= 0.6 is 31.3 Å². The topological polar surface area (TPSA) is 361 Å². The van der Waals surface area contributed by atoms with Gasteiger partial charge in [0.15, 0.2) is 0 Å². The standard InChI is InChI=1S/C5H13O7P.3H3O4P/c6-1-5(2-7,3-8)4-12-13(9,10)11;3*1-5(2,3)4/h6-8H,1-4H2,(H2,9,10,11);3*(H3,1,2,3,4). The Labute approximate surface area is 156 Å². The van der Waals surface area contributed by atoms with E-state index < -0.39 is 63.1 Å². The Morgan fingerprint density at radius 3 is 0.821 bits per heavy atom. The van der Waals surface area contributed by atoms with Gasteiger partial charge in [-0.15, -0.1) is 0 Å². The molecule has 0 aromatic carbocycles. The molecule has 19 nitrogen and oxygen atoms in total. The minimum absolute atomic E-state index is 0.610. The molecule has 0 amide bonds. The predicted molar refractivity (Wildman–Crippen MR) is 84.5 cm³/mol. The van der Waals surface area contributed by atoms with Crippen molar-refractivity contribution in [2.45, 2.75) is 0 Å². The second-order valence-corrected chi connectivity index (χ2v) is 8.60. The molecule has 0 aromatic rings. The van der Waals surface area contributed by atoms with Gasteiger partial charge in [-0.05, 0) is 0 Å². The summed E-state index contributed by atoms with van der Waals surface area (Å²) in [5.74, 6) is 0. The molecule has 176 valence electrons. The Kier molecular flexibility index (Phi) is 19.4. The maximum absolute atomic E-state index is 10.3. The third kappa shape index (κ3) is 63.4. The van der Waals surface area contributed by atoms with Crippen molar-refractivity contribution in [3.05, 3.63) is 0 Å². The molecule has 0 aromatic heterocycles. The average molecular weight is 510 g/mol. The second kappa shape index (κ2) is 15.2. The zero-order valence-corrected chi connectivity index (χ0v) is 17.0. The summed E-state index contributed by atoms with van der Waals surface area (Å²) in [5.41, 5.74) is -1.42. The van der Waals surface area contributed by atoms with Crippen LogP contribution in [0.5, 0.6) is 0 Å². The van der Waals surface area contributed by atoms with E-state index in [1.807, 2.05) is 0 Å². The van der Waals surface area contributed by atoms with Crippen molar-refractivity contribution in [2.75, 3.05) is 26.4 Å². The van der Waals surface area contributed by atoms with Gasteiger partial charge in [0.25, 0.3) is 0 Å². The van der Waals surface area contributed by atoms with Gasteiger partial charge in [0.05, 0.1) is 31.8 Å². The molecule has 0 atom stereocenters. The van der Waals surface area contributed by atoms with Gasteiger partial charge in [-0.25, -0.2) is 18.3 Å². The normalized spacial score (nSPS) is 12.5. The van der Waals surface area contributed by atoms with Gasteiger partial charge in [0.2, 0.25) is 0 Å². The molecule has 0 aliphatic heterocycles. The van der Waals surface area contributed by atoms with Crippen LogP contribution in [0.25, 0.3) is 0 Å². The fourth-order valence-corrected chi connectivity index (χ4v) is 0.950. The van der Waals surface area contributed by atoms with Gasteiger partial charge in [0.1, 0.15) is 0 Å². The Morgan fingerprint density at radius 2 is 0.714 bits per heavy atom. The highest BCUT2D eigenvalue weighted by Crippen LogP contribution is 2.37. The number of aliphatic hydroxyl groups is 3. The van der Waals surface area contributed by atoms with Crippen LogP contribution in [0.2, 0.25) is 0 Å². The van der Waals surface area contributed by atoms with Crippen LogP contribution in [-0.2, 0) is 22.8 Å². The largest absolute Gasteiger partial charge is 0.469 e. The first-order chi connectivity index (χ1) is 11.9. The Bertz CT molecular complexity index is 478. The van der Waals surface area contributed by atoms with Crippen LogP contribution in [0.15, 0.2) is 0 Å². The number of rotatable bonds is 6. The minimum atomic E-state index is -4.64. The van der Waals surface area contributed by atoms with E-state index in [9.17, 15) is 4.57 Å². The maximum Gasteiger partial charge on any atom is 0.469 e. The monoisotopic (exact) mass is 510 g/mol. The molecule has 0 aliphatic rings. The molecule has 0 unspecified atom stereocenters. The molecular formula is C5H22O19P4. The van der Waals surface area contributed by atoms with Crippen LogP contribution < -0.4 is 0 Å². The van der Waals surface area contributed by atoms with Gasteiger partial charge in [0, 0.05) is 0 Å². The molecule has 23 heteroatoms. The van der Waals surface area contributed by atoms with Crippen LogP contribution in [0, 0.1) is 5.41 Å². The van der Waals surface area contributed by atoms with E-state index >= 15 is 0 Å². The van der Waals surface area contributed by atoms with Crippen LogP contribution in [0.1, 0.15) is 0 Å². The van der Waals surface area contributed by atoms with Crippen molar-refractivity contribution in [3.63, 3.8) is 0 Å². The molecule has 0 heterocycles. The number of aliphatic hydroxyl groups excluding tert-OH is 3. The zero-order chi connectivity index (χ0) is 24.0. The van der Waals surface area contributed by atoms with Crippen molar-refractivity contribution in [1.82, 2.24) is 0 Å². The Balaban J connectivity index is -0.000000159. The molecular weight excluding hydrogens is 488 g/mol. The van der Waals surface area contributed by atoms with E-state index in [4.69, 9.17) is 82.8 Å². The highest BCUT2D eigenvalue weighted by Gasteiger charge is 2.31. The lowest BCUT2D eigenvalue weighted by Crippen LogP contribution is -2.38. The number of hydrogen-bond acceptors (Lipinski definition) is 8. The zero-order valence-electron chi connectivity index (χ0n) is 13.4. The van der Waals surface area contributed by atoms with Gasteiger partial charge in [-0.1, -0.05) is 0 Å². The summed E-state index contributed by atoms with van der Waals surface area (Å²) in [4.78, 5) is 81.3. The quantitative estimate of drug-likeness (QED) is 0.149. The van der Waals surface area contributed by atoms with Crippen molar-refractivity contribution < 1.29 is 91.9 Å². The van der Waals surface area contributed by atoms with E-state index in [2.05, 4.69) is 4.52 Å². The third-order valence-corrected chi connectivity index (χ3v) is 2.01. The molecule has 0 fully saturated rings. The van der Waals surface area contributed by atoms with E-state index in [-0.39, 0.29) is 0 Å². The van der Waals surface area contributed by atoms with Crippen LogP contribution in [0.4, 0.5) is 0 Å². The fourth-order valence-electron chi connectivity index (χ4n) is 0.508. The number of phosphoric acid groups is 4. The summed E-state index contributed by atoms with van der Waals surface area (Å²) in [6.07, 6.45) is 0. The molecule has 0 bridgehead atoms.